The van der Waals surface area contributed by atoms with Crippen molar-refractivity contribution in [1.29, 1.82) is 0 Å². The number of hydrogen-bond acceptors (Lipinski definition) is 5. The zero-order chi connectivity index (χ0) is 15.9. The summed E-state index contributed by atoms with van der Waals surface area (Å²) >= 11 is 3.61. The summed E-state index contributed by atoms with van der Waals surface area (Å²) in [7, 11) is 0. The van der Waals surface area contributed by atoms with E-state index in [1.54, 1.807) is 12.3 Å². The first-order valence-electron chi connectivity index (χ1n) is 6.35. The maximum Gasteiger partial charge on any atom is 0.331 e. The molecule has 0 aliphatic rings. The van der Waals surface area contributed by atoms with Crippen molar-refractivity contribution in [1.82, 2.24) is 4.98 Å². The van der Waals surface area contributed by atoms with Crippen LogP contribution in [0, 0.1) is 10.5 Å². The Morgan fingerprint density at radius 3 is 2.95 bits per heavy atom. The third-order valence-electron chi connectivity index (χ3n) is 2.62. The predicted octanol–water partition coefficient (Wildman–Crippen LogP) is 3.25. The number of anilines is 1. The fourth-order valence-electron chi connectivity index (χ4n) is 1.59. The largest absolute Gasteiger partial charge is 0.452 e. The second-order valence-corrected chi connectivity index (χ2v) is 6.49. The molecule has 0 unspecified atom stereocenters. The van der Waals surface area contributed by atoms with Crippen molar-refractivity contribution in [2.24, 2.45) is 0 Å². The number of thiazole rings is 1. The molecule has 1 aromatic heterocycles. The summed E-state index contributed by atoms with van der Waals surface area (Å²) in [4.78, 5) is 27.3. The van der Waals surface area contributed by atoms with Crippen LogP contribution in [0.3, 0.4) is 0 Å². The van der Waals surface area contributed by atoms with Crippen molar-refractivity contribution in [3.05, 3.63) is 50.0 Å². The van der Waals surface area contributed by atoms with E-state index in [0.717, 1.165) is 9.13 Å². The van der Waals surface area contributed by atoms with Gasteiger partial charge in [0, 0.05) is 26.9 Å². The molecule has 0 aliphatic carbocycles. The Labute approximate surface area is 145 Å². The summed E-state index contributed by atoms with van der Waals surface area (Å²) in [6.45, 7) is 1.58. The second-order valence-electron chi connectivity index (χ2n) is 4.32. The first kappa shape index (κ1) is 16.6. The molecule has 0 saturated carbocycles. The highest BCUT2D eigenvalue weighted by Crippen LogP contribution is 2.17. The fraction of sp³-hybridized carbons (Fsp3) is 0.133. The Morgan fingerprint density at radius 2 is 2.27 bits per heavy atom. The molecule has 1 aromatic carbocycles. The standard InChI is InChI=1S/C15H13IN2O3S/c1-10-8-11(16)2-3-12(10)18-13(19)9-21-15(20)5-4-14-17-6-7-22-14/h2-8H,9H2,1H3,(H,18,19)/b5-4+. The van der Waals surface area contributed by atoms with Gasteiger partial charge in [-0.2, -0.15) is 0 Å². The van der Waals surface area contributed by atoms with E-state index < -0.39 is 5.97 Å². The Balaban J connectivity index is 1.81. The third-order valence-corrected chi connectivity index (χ3v) is 4.03. The maximum atomic E-state index is 11.8. The summed E-state index contributed by atoms with van der Waals surface area (Å²) in [6, 6.07) is 5.67. The molecule has 1 N–H and O–H groups in total. The average molecular weight is 428 g/mol. The molecule has 0 atom stereocenters. The molecule has 1 heterocycles. The van der Waals surface area contributed by atoms with Gasteiger partial charge in [-0.1, -0.05) is 0 Å². The van der Waals surface area contributed by atoms with Crippen LogP contribution in [-0.4, -0.2) is 23.5 Å². The number of nitrogens with zero attached hydrogens (tertiary/aromatic N) is 1. The Kier molecular flexibility index (Phi) is 6.08. The number of halogens is 1. The quantitative estimate of drug-likeness (QED) is 0.451. The van der Waals surface area contributed by atoms with E-state index in [1.165, 1.54) is 17.4 Å². The van der Waals surface area contributed by atoms with Gasteiger partial charge in [0.25, 0.3) is 5.91 Å². The van der Waals surface area contributed by atoms with Gasteiger partial charge in [0.15, 0.2) is 6.61 Å². The highest BCUT2D eigenvalue weighted by atomic mass is 127. The van der Waals surface area contributed by atoms with E-state index in [1.807, 2.05) is 30.5 Å². The van der Waals surface area contributed by atoms with Crippen LogP contribution in [0.4, 0.5) is 5.69 Å². The van der Waals surface area contributed by atoms with Crippen molar-refractivity contribution in [3.8, 4) is 0 Å². The minimum absolute atomic E-state index is 0.327. The van der Waals surface area contributed by atoms with E-state index in [2.05, 4.69) is 32.9 Å². The van der Waals surface area contributed by atoms with Crippen LogP contribution in [0.15, 0.2) is 35.9 Å². The molecule has 2 aromatic rings. The van der Waals surface area contributed by atoms with Gasteiger partial charge in [0.1, 0.15) is 5.01 Å². The van der Waals surface area contributed by atoms with Gasteiger partial charge in [0.2, 0.25) is 0 Å². The number of aromatic nitrogens is 1. The monoisotopic (exact) mass is 428 g/mol. The minimum atomic E-state index is -0.579. The lowest BCUT2D eigenvalue weighted by Gasteiger charge is -2.08. The molecule has 5 nitrogen and oxygen atoms in total. The number of benzene rings is 1. The molecule has 0 radical (unpaired) electrons. The number of nitrogens with one attached hydrogen (secondary N) is 1. The minimum Gasteiger partial charge on any atom is -0.452 e. The van der Waals surface area contributed by atoms with Gasteiger partial charge in [-0.3, -0.25) is 4.79 Å². The molecule has 2 rings (SSSR count). The average Bonchev–Trinajstić information content (AvgIpc) is 2.99. The number of aryl methyl sites for hydroxylation is 1. The Morgan fingerprint density at radius 1 is 1.45 bits per heavy atom. The highest BCUT2D eigenvalue weighted by Gasteiger charge is 2.07. The molecular weight excluding hydrogens is 415 g/mol. The van der Waals surface area contributed by atoms with Crippen molar-refractivity contribution < 1.29 is 14.3 Å². The van der Waals surface area contributed by atoms with Crippen molar-refractivity contribution in [2.45, 2.75) is 6.92 Å². The smallest absolute Gasteiger partial charge is 0.331 e. The molecule has 1 amide bonds. The lowest BCUT2D eigenvalue weighted by atomic mass is 10.2. The zero-order valence-electron chi connectivity index (χ0n) is 11.7. The fourth-order valence-corrected chi connectivity index (χ4v) is 2.77. The van der Waals surface area contributed by atoms with Crippen LogP contribution in [0.2, 0.25) is 0 Å². The number of rotatable bonds is 5. The summed E-state index contributed by atoms with van der Waals surface area (Å²) in [5, 5.41) is 5.22. The predicted molar refractivity (Wildman–Crippen MR) is 94.6 cm³/mol. The molecule has 0 bridgehead atoms. The van der Waals surface area contributed by atoms with Gasteiger partial charge < -0.3 is 10.1 Å². The normalized spacial score (nSPS) is 10.6. The van der Waals surface area contributed by atoms with Crippen LogP contribution in [0.5, 0.6) is 0 Å². The maximum absolute atomic E-state index is 11.8. The van der Waals surface area contributed by atoms with Crippen LogP contribution < -0.4 is 5.32 Å². The van der Waals surface area contributed by atoms with Crippen LogP contribution in [0.1, 0.15) is 10.6 Å². The van der Waals surface area contributed by atoms with Gasteiger partial charge in [-0.25, -0.2) is 9.78 Å². The molecule has 0 aliphatic heterocycles. The SMILES string of the molecule is Cc1cc(I)ccc1NC(=O)COC(=O)/C=C/c1nccs1. The molecule has 114 valence electrons. The molecular formula is C15H13IN2O3S. The van der Waals surface area contributed by atoms with E-state index in [9.17, 15) is 9.59 Å². The third kappa shape index (κ3) is 5.23. The van der Waals surface area contributed by atoms with Crippen molar-refractivity contribution in [3.63, 3.8) is 0 Å². The van der Waals surface area contributed by atoms with Gasteiger partial charge in [0.05, 0.1) is 0 Å². The van der Waals surface area contributed by atoms with E-state index in [0.29, 0.717) is 10.7 Å². The molecule has 0 fully saturated rings. The van der Waals surface area contributed by atoms with E-state index in [4.69, 9.17) is 4.74 Å². The second kappa shape index (κ2) is 8.04. The molecule has 0 spiro atoms. The van der Waals surface area contributed by atoms with Gasteiger partial charge in [-0.15, -0.1) is 11.3 Å². The van der Waals surface area contributed by atoms with Crippen LogP contribution >= 0.6 is 33.9 Å². The number of carbonyl (C=O) groups excluding carboxylic acids is 2. The van der Waals surface area contributed by atoms with Crippen LogP contribution in [-0.2, 0) is 14.3 Å². The Bertz CT molecular complexity index is 699. The first-order chi connectivity index (χ1) is 10.5. The summed E-state index contributed by atoms with van der Waals surface area (Å²) < 4.78 is 5.97. The van der Waals surface area contributed by atoms with Crippen LogP contribution in [0.25, 0.3) is 6.08 Å². The van der Waals surface area contributed by atoms with Gasteiger partial charge >= 0.3 is 5.97 Å². The van der Waals surface area contributed by atoms with Crippen molar-refractivity contribution >= 4 is 57.6 Å². The number of amides is 1. The number of esters is 1. The Hall–Kier alpha value is -1.74. The topological polar surface area (TPSA) is 68.3 Å². The number of hydrogen-bond donors (Lipinski definition) is 1. The summed E-state index contributed by atoms with van der Waals surface area (Å²) in [5.41, 5.74) is 1.66. The highest BCUT2D eigenvalue weighted by molar-refractivity contribution is 14.1. The van der Waals surface area contributed by atoms with Gasteiger partial charge in [-0.05, 0) is 59.4 Å². The number of ether oxygens (including phenoxy) is 1. The molecule has 22 heavy (non-hydrogen) atoms. The summed E-state index contributed by atoms with van der Waals surface area (Å²) in [5.74, 6) is -0.954. The number of carbonyl (C=O) groups is 2. The first-order valence-corrected chi connectivity index (χ1v) is 8.31. The zero-order valence-corrected chi connectivity index (χ0v) is 14.7. The lowest BCUT2D eigenvalue weighted by molar-refractivity contribution is -0.142. The molecule has 7 heteroatoms. The summed E-state index contributed by atoms with van der Waals surface area (Å²) in [6.07, 6.45) is 4.45. The van der Waals surface area contributed by atoms with E-state index in [-0.39, 0.29) is 12.5 Å². The lowest BCUT2D eigenvalue weighted by Crippen LogP contribution is -2.20. The van der Waals surface area contributed by atoms with Crippen molar-refractivity contribution in [2.75, 3.05) is 11.9 Å². The van der Waals surface area contributed by atoms with E-state index >= 15 is 0 Å². The molecule has 0 saturated heterocycles.